The van der Waals surface area contributed by atoms with Crippen molar-refractivity contribution in [3.63, 3.8) is 0 Å². The number of fused-ring (bicyclic) bond motifs is 3. The molecule has 0 saturated carbocycles. The van der Waals surface area contributed by atoms with Crippen LogP contribution >= 0.6 is 0 Å². The van der Waals surface area contributed by atoms with Gasteiger partial charge in [-0.05, 0) is 84.6 Å². The van der Waals surface area contributed by atoms with Gasteiger partial charge in [-0.1, -0.05) is 146 Å². The van der Waals surface area contributed by atoms with Crippen LogP contribution in [-0.4, -0.2) is 19.9 Å². The normalized spacial score (nSPS) is 11.3. The average Bonchev–Trinajstić information content (AvgIpc) is 3.25. The Bertz CT molecular complexity index is 2930. The highest BCUT2D eigenvalue weighted by Crippen LogP contribution is 2.44. The molecule has 4 heteroatoms. The maximum absolute atomic E-state index is 5.33. The van der Waals surface area contributed by atoms with E-state index in [4.69, 9.17) is 9.97 Å². The third kappa shape index (κ3) is 5.49. The Morgan fingerprint density at radius 2 is 0.870 bits per heavy atom. The fourth-order valence-corrected chi connectivity index (χ4v) is 7.82. The summed E-state index contributed by atoms with van der Waals surface area (Å²) in [6, 6.07) is 59.9. The summed E-state index contributed by atoms with van der Waals surface area (Å²) in [6.45, 7) is 0. The molecule has 0 saturated heterocycles. The number of benzene rings is 7. The predicted molar refractivity (Wildman–Crippen MR) is 223 cm³/mol. The molecule has 0 aliphatic carbocycles. The first-order valence-electron chi connectivity index (χ1n) is 18.1. The van der Waals surface area contributed by atoms with Gasteiger partial charge in [0.2, 0.25) is 0 Å². The lowest BCUT2D eigenvalue weighted by atomic mass is 9.85. The molecular weight excluding hydrogens is 657 g/mol. The topological polar surface area (TPSA) is 51.6 Å². The second-order valence-electron chi connectivity index (χ2n) is 13.4. The lowest BCUT2D eigenvalue weighted by molar-refractivity contribution is 1.18. The fraction of sp³-hybridized carbons (Fsp3) is 0. The molecule has 0 spiro atoms. The molecule has 0 bridgehead atoms. The van der Waals surface area contributed by atoms with E-state index >= 15 is 0 Å². The van der Waals surface area contributed by atoms with Crippen LogP contribution in [0.1, 0.15) is 0 Å². The molecule has 3 heterocycles. The minimum atomic E-state index is 0.649. The molecule has 7 aromatic carbocycles. The monoisotopic (exact) mass is 688 g/mol. The Morgan fingerprint density at radius 3 is 1.59 bits per heavy atom. The maximum Gasteiger partial charge on any atom is 0.161 e. The Kier molecular flexibility index (Phi) is 7.77. The summed E-state index contributed by atoms with van der Waals surface area (Å²) >= 11 is 0. The summed E-state index contributed by atoms with van der Waals surface area (Å²) in [5, 5.41) is 7.04. The third-order valence-corrected chi connectivity index (χ3v) is 10.3. The number of rotatable bonds is 6. The van der Waals surface area contributed by atoms with Crippen LogP contribution in [-0.2, 0) is 0 Å². The Balaban J connectivity index is 1.21. The highest BCUT2D eigenvalue weighted by molar-refractivity contribution is 6.21. The maximum atomic E-state index is 5.33. The van der Waals surface area contributed by atoms with Crippen LogP contribution in [0, 0.1) is 0 Å². The molecule has 0 N–H and O–H groups in total. The summed E-state index contributed by atoms with van der Waals surface area (Å²) in [7, 11) is 0. The molecule has 0 aliphatic rings. The SMILES string of the molecule is c1ccc(-c2c3ccccc3c(-c3cccc(-c4cc(-c5cncc6ccccc56)nc(-c5ccccc5-c5ccncc5)n4)c3)c3ccccc23)cc1. The van der Waals surface area contributed by atoms with Crippen molar-refractivity contribution in [3.05, 3.63) is 195 Å². The summed E-state index contributed by atoms with van der Waals surface area (Å²) in [6.07, 6.45) is 7.46. The number of hydrogen-bond acceptors (Lipinski definition) is 4. The van der Waals surface area contributed by atoms with Crippen molar-refractivity contribution in [3.8, 4) is 67.3 Å². The zero-order chi connectivity index (χ0) is 35.8. The number of pyridine rings is 2. The molecule has 54 heavy (non-hydrogen) atoms. The summed E-state index contributed by atoms with van der Waals surface area (Å²) in [5.74, 6) is 0.649. The molecular formula is C50H32N4. The lowest BCUT2D eigenvalue weighted by Gasteiger charge is -2.18. The van der Waals surface area contributed by atoms with Crippen molar-refractivity contribution in [2.75, 3.05) is 0 Å². The van der Waals surface area contributed by atoms with Gasteiger partial charge < -0.3 is 0 Å². The van der Waals surface area contributed by atoms with Gasteiger partial charge in [0, 0.05) is 46.9 Å². The molecule has 0 unspecified atom stereocenters. The second kappa shape index (κ2) is 13.4. The molecule has 10 rings (SSSR count). The number of nitrogens with zero attached hydrogens (tertiary/aromatic N) is 4. The van der Waals surface area contributed by atoms with E-state index in [-0.39, 0.29) is 0 Å². The first-order valence-corrected chi connectivity index (χ1v) is 18.1. The van der Waals surface area contributed by atoms with Crippen LogP contribution in [0.5, 0.6) is 0 Å². The van der Waals surface area contributed by atoms with E-state index in [1.807, 2.05) is 49.1 Å². The zero-order valence-electron chi connectivity index (χ0n) is 29.3. The molecule has 0 fully saturated rings. The first-order chi connectivity index (χ1) is 26.8. The highest BCUT2D eigenvalue weighted by atomic mass is 14.9. The van der Waals surface area contributed by atoms with Crippen molar-refractivity contribution >= 4 is 32.3 Å². The van der Waals surface area contributed by atoms with E-state index in [0.29, 0.717) is 5.82 Å². The minimum absolute atomic E-state index is 0.649. The highest BCUT2D eigenvalue weighted by Gasteiger charge is 2.19. The van der Waals surface area contributed by atoms with Gasteiger partial charge in [-0.3, -0.25) is 9.97 Å². The van der Waals surface area contributed by atoms with Crippen molar-refractivity contribution < 1.29 is 0 Å². The fourth-order valence-electron chi connectivity index (χ4n) is 7.82. The summed E-state index contributed by atoms with van der Waals surface area (Å²) in [4.78, 5) is 19.5. The van der Waals surface area contributed by atoms with E-state index in [0.717, 1.165) is 55.5 Å². The van der Waals surface area contributed by atoms with Gasteiger partial charge in [-0.2, -0.15) is 0 Å². The number of hydrogen-bond donors (Lipinski definition) is 0. The van der Waals surface area contributed by atoms with E-state index in [9.17, 15) is 0 Å². The molecule has 3 aromatic heterocycles. The second-order valence-corrected chi connectivity index (χ2v) is 13.4. The van der Waals surface area contributed by atoms with Gasteiger partial charge in [0.1, 0.15) is 0 Å². The van der Waals surface area contributed by atoms with Gasteiger partial charge in [-0.25, -0.2) is 9.97 Å². The number of aromatic nitrogens is 4. The third-order valence-electron chi connectivity index (χ3n) is 10.3. The molecule has 0 radical (unpaired) electrons. The Morgan fingerprint density at radius 1 is 0.315 bits per heavy atom. The van der Waals surface area contributed by atoms with Crippen LogP contribution in [0.15, 0.2) is 195 Å². The lowest BCUT2D eigenvalue weighted by Crippen LogP contribution is -1.98. The quantitative estimate of drug-likeness (QED) is 0.163. The van der Waals surface area contributed by atoms with Crippen molar-refractivity contribution in [1.82, 2.24) is 19.9 Å². The van der Waals surface area contributed by atoms with Crippen LogP contribution in [0.2, 0.25) is 0 Å². The minimum Gasteiger partial charge on any atom is -0.265 e. The molecule has 4 nitrogen and oxygen atoms in total. The van der Waals surface area contributed by atoms with Gasteiger partial charge in [-0.15, -0.1) is 0 Å². The van der Waals surface area contributed by atoms with E-state index in [1.54, 1.807) is 0 Å². The van der Waals surface area contributed by atoms with Gasteiger partial charge in [0.05, 0.1) is 11.4 Å². The standard InChI is InChI=1S/C50H32N4/c1-2-13-34(14-3-1)48-40-20-7-9-22-42(40)49(43-23-10-8-21-41(43)48)36-17-12-16-35(29-36)46-30-47(45-32-52-31-37-15-4-5-19-39(37)45)54-50(53-46)44-24-11-6-18-38(44)33-25-27-51-28-26-33/h1-32H. The van der Waals surface area contributed by atoms with E-state index < -0.39 is 0 Å². The van der Waals surface area contributed by atoms with Crippen molar-refractivity contribution in [1.29, 1.82) is 0 Å². The zero-order valence-corrected chi connectivity index (χ0v) is 29.3. The van der Waals surface area contributed by atoms with E-state index in [1.165, 1.54) is 38.2 Å². The van der Waals surface area contributed by atoms with Crippen molar-refractivity contribution in [2.45, 2.75) is 0 Å². The van der Waals surface area contributed by atoms with Gasteiger partial charge in [0.15, 0.2) is 5.82 Å². The molecule has 252 valence electrons. The Hall–Kier alpha value is -7.30. The smallest absolute Gasteiger partial charge is 0.161 e. The van der Waals surface area contributed by atoms with Crippen LogP contribution < -0.4 is 0 Å². The van der Waals surface area contributed by atoms with Gasteiger partial charge in [0.25, 0.3) is 0 Å². The molecule has 0 atom stereocenters. The summed E-state index contributed by atoms with van der Waals surface area (Å²) < 4.78 is 0. The van der Waals surface area contributed by atoms with Gasteiger partial charge >= 0.3 is 0 Å². The molecule has 0 amide bonds. The Labute approximate surface area is 313 Å². The van der Waals surface area contributed by atoms with Crippen LogP contribution in [0.4, 0.5) is 0 Å². The van der Waals surface area contributed by atoms with Crippen molar-refractivity contribution in [2.24, 2.45) is 0 Å². The predicted octanol–water partition coefficient (Wildman–Crippen LogP) is 12.7. The van der Waals surface area contributed by atoms with Crippen LogP contribution in [0.3, 0.4) is 0 Å². The van der Waals surface area contributed by atoms with E-state index in [2.05, 4.69) is 156 Å². The average molecular weight is 689 g/mol. The summed E-state index contributed by atoms with van der Waals surface area (Å²) in [5.41, 5.74) is 11.5. The largest absolute Gasteiger partial charge is 0.265 e. The molecule has 10 aromatic rings. The molecule has 0 aliphatic heterocycles. The van der Waals surface area contributed by atoms with Crippen LogP contribution in [0.25, 0.3) is 99.6 Å². The first kappa shape index (κ1) is 31.4.